The number of nitrogens with one attached hydrogen (secondary N) is 2. The van der Waals surface area contributed by atoms with Crippen LogP contribution in [0.1, 0.15) is 18.4 Å². The Labute approximate surface area is 239 Å². The third-order valence-electron chi connectivity index (χ3n) is 8.22. The maximum atomic E-state index is 14.0. The number of anilines is 1. The maximum absolute atomic E-state index is 14.0. The van der Waals surface area contributed by atoms with Gasteiger partial charge in [0.2, 0.25) is 17.7 Å². The van der Waals surface area contributed by atoms with E-state index in [9.17, 15) is 19.5 Å². The lowest BCUT2D eigenvalue weighted by Crippen LogP contribution is -2.53. The Morgan fingerprint density at radius 2 is 1.77 bits per heavy atom. The highest BCUT2D eigenvalue weighted by Crippen LogP contribution is 2.67. The highest BCUT2D eigenvalue weighted by Gasteiger charge is 2.75. The number of carbonyl (C=O) groups excluding carboxylic acids is 3. The molecule has 3 aliphatic heterocycles. The number of halogens is 1. The Balaban J connectivity index is 1.30. The highest BCUT2D eigenvalue weighted by molar-refractivity contribution is 9.09. The quantitative estimate of drug-likeness (QED) is 0.337. The number of amides is 3. The molecule has 202 valence electrons. The second-order valence-electron chi connectivity index (χ2n) is 10.5. The SMILES string of the molecule is O=C(Nc1ccc2ccccc2c1)C1N(CCCO)C(=O)[C@@H]2[C@@H](C(=O)NCc3ccccc3)[C@@H]3SC12CC3Br. The monoisotopic (exact) mass is 607 g/mol. The standard InChI is InChI=1S/C30H30BrN3O4S/c31-22-16-30-24(23(25(22)39-30)27(36)32-17-18-7-2-1-3-8-18)29(38)34(13-6-14-35)26(30)28(37)33-21-12-11-19-9-4-5-10-20(19)15-21/h1-5,7-12,15,22-26,35H,6,13-14,16-17H2,(H,32,36)(H,33,37)/t22?,23-,24+,25-,26?,30?/m1/s1. The molecule has 3 aromatic rings. The van der Waals surface area contributed by atoms with Crippen molar-refractivity contribution in [3.63, 3.8) is 0 Å². The van der Waals surface area contributed by atoms with Crippen molar-refractivity contribution in [1.29, 1.82) is 0 Å². The molecule has 39 heavy (non-hydrogen) atoms. The first-order chi connectivity index (χ1) is 18.9. The number of rotatable bonds is 8. The smallest absolute Gasteiger partial charge is 0.248 e. The van der Waals surface area contributed by atoms with Crippen LogP contribution in [0, 0.1) is 11.8 Å². The molecule has 0 radical (unpaired) electrons. The summed E-state index contributed by atoms with van der Waals surface area (Å²) in [5, 5.41) is 17.7. The van der Waals surface area contributed by atoms with Crippen LogP contribution in [0.2, 0.25) is 0 Å². The molecule has 3 fully saturated rings. The molecule has 3 aromatic carbocycles. The minimum Gasteiger partial charge on any atom is -0.396 e. The first-order valence-electron chi connectivity index (χ1n) is 13.3. The molecule has 9 heteroatoms. The summed E-state index contributed by atoms with van der Waals surface area (Å²) in [7, 11) is 0. The van der Waals surface area contributed by atoms with Crippen molar-refractivity contribution in [3.8, 4) is 0 Å². The van der Waals surface area contributed by atoms with Gasteiger partial charge in [-0.25, -0.2) is 0 Å². The molecule has 1 spiro atoms. The lowest BCUT2D eigenvalue weighted by molar-refractivity contribution is -0.139. The van der Waals surface area contributed by atoms with Crippen molar-refractivity contribution < 1.29 is 19.5 Å². The van der Waals surface area contributed by atoms with Crippen molar-refractivity contribution in [1.82, 2.24) is 10.2 Å². The number of carbonyl (C=O) groups is 3. The van der Waals surface area contributed by atoms with Crippen LogP contribution >= 0.6 is 27.7 Å². The molecule has 3 N–H and O–H groups in total. The molecule has 6 atom stereocenters. The molecule has 0 saturated carbocycles. The van der Waals surface area contributed by atoms with Gasteiger partial charge >= 0.3 is 0 Å². The summed E-state index contributed by atoms with van der Waals surface area (Å²) in [6, 6.07) is 22.7. The Morgan fingerprint density at radius 3 is 2.54 bits per heavy atom. The third-order valence-corrected chi connectivity index (χ3v) is 11.4. The van der Waals surface area contributed by atoms with E-state index in [1.165, 1.54) is 0 Å². The van der Waals surface area contributed by atoms with Crippen molar-refractivity contribution in [3.05, 3.63) is 78.4 Å². The lowest BCUT2D eigenvalue weighted by Gasteiger charge is -2.35. The number of likely N-dealkylation sites (tertiary alicyclic amines) is 1. The first kappa shape index (κ1) is 26.3. The number of hydrogen-bond acceptors (Lipinski definition) is 5. The summed E-state index contributed by atoms with van der Waals surface area (Å²) in [6.07, 6.45) is 0.984. The van der Waals surface area contributed by atoms with Gasteiger partial charge in [0.05, 0.1) is 16.6 Å². The minimum atomic E-state index is -0.741. The molecule has 3 amide bonds. The number of thioether (sulfide) groups is 1. The Morgan fingerprint density at radius 1 is 1.03 bits per heavy atom. The Hall–Kier alpha value is -2.88. The summed E-state index contributed by atoms with van der Waals surface area (Å²) in [4.78, 5) is 43.2. The van der Waals surface area contributed by atoms with E-state index in [4.69, 9.17) is 0 Å². The second kappa shape index (κ2) is 10.6. The third kappa shape index (κ3) is 4.54. The molecule has 6 rings (SSSR count). The predicted molar refractivity (Wildman–Crippen MR) is 156 cm³/mol. The average Bonchev–Trinajstić information content (AvgIpc) is 3.54. The number of fused-ring (bicyclic) bond motifs is 2. The van der Waals surface area contributed by atoms with Gasteiger partial charge in [0.1, 0.15) is 6.04 Å². The van der Waals surface area contributed by atoms with Crippen LogP contribution in [0.15, 0.2) is 72.8 Å². The molecule has 3 unspecified atom stereocenters. The lowest BCUT2D eigenvalue weighted by atomic mass is 9.70. The van der Waals surface area contributed by atoms with Crippen LogP contribution in [-0.4, -0.2) is 61.7 Å². The Kier molecular flexibility index (Phi) is 7.16. The fourth-order valence-electron chi connectivity index (χ4n) is 6.59. The average molecular weight is 609 g/mol. The molecule has 3 saturated heterocycles. The van der Waals surface area contributed by atoms with E-state index in [2.05, 4.69) is 26.6 Å². The van der Waals surface area contributed by atoms with Gasteiger partial charge in [-0.15, -0.1) is 11.8 Å². The predicted octanol–water partition coefficient (Wildman–Crippen LogP) is 3.94. The second-order valence-corrected chi connectivity index (χ2v) is 13.2. The van der Waals surface area contributed by atoms with Crippen molar-refractivity contribution in [2.45, 2.75) is 40.3 Å². The van der Waals surface area contributed by atoms with Crippen LogP contribution in [0.4, 0.5) is 5.69 Å². The van der Waals surface area contributed by atoms with E-state index in [-0.39, 0.29) is 41.0 Å². The van der Waals surface area contributed by atoms with Gasteiger partial charge in [-0.3, -0.25) is 14.4 Å². The minimum absolute atomic E-state index is 0.00721. The molecule has 3 aliphatic rings. The fourth-order valence-corrected chi connectivity index (χ4v) is 10.2. The van der Waals surface area contributed by atoms with Gasteiger partial charge in [0, 0.05) is 35.5 Å². The first-order valence-corrected chi connectivity index (χ1v) is 15.1. The van der Waals surface area contributed by atoms with Crippen LogP contribution < -0.4 is 10.6 Å². The molecule has 0 aromatic heterocycles. The number of benzene rings is 3. The molecular weight excluding hydrogens is 578 g/mol. The number of nitrogens with zero attached hydrogens (tertiary/aromatic N) is 1. The molecule has 2 bridgehead atoms. The zero-order valence-electron chi connectivity index (χ0n) is 21.3. The van der Waals surface area contributed by atoms with Gasteiger partial charge in [0.25, 0.3) is 0 Å². The van der Waals surface area contributed by atoms with Crippen molar-refractivity contribution in [2.75, 3.05) is 18.5 Å². The maximum Gasteiger partial charge on any atom is 0.248 e. The van der Waals surface area contributed by atoms with Gasteiger partial charge in [-0.2, -0.15) is 0 Å². The van der Waals surface area contributed by atoms with E-state index in [0.29, 0.717) is 25.1 Å². The van der Waals surface area contributed by atoms with E-state index in [1.807, 2.05) is 72.8 Å². The van der Waals surface area contributed by atoms with Gasteiger partial charge in [-0.1, -0.05) is 76.6 Å². The zero-order chi connectivity index (χ0) is 27.1. The van der Waals surface area contributed by atoms with Crippen molar-refractivity contribution in [2.24, 2.45) is 11.8 Å². The summed E-state index contributed by atoms with van der Waals surface area (Å²) in [5.74, 6) is -1.71. The van der Waals surface area contributed by atoms with Gasteiger partial charge in [-0.05, 0) is 41.3 Å². The number of aliphatic hydroxyl groups excluding tert-OH is 1. The summed E-state index contributed by atoms with van der Waals surface area (Å²) >= 11 is 5.40. The Bertz CT molecular complexity index is 1420. The fraction of sp³-hybridized carbons (Fsp3) is 0.367. The number of aliphatic hydroxyl groups is 1. The number of hydrogen-bond donors (Lipinski definition) is 3. The summed E-state index contributed by atoms with van der Waals surface area (Å²) < 4.78 is -0.721. The summed E-state index contributed by atoms with van der Waals surface area (Å²) in [5.41, 5.74) is 1.65. The van der Waals surface area contributed by atoms with Crippen LogP contribution in [0.25, 0.3) is 10.8 Å². The van der Waals surface area contributed by atoms with Gasteiger partial charge < -0.3 is 20.6 Å². The van der Waals surface area contributed by atoms with Gasteiger partial charge in [0.15, 0.2) is 0 Å². The van der Waals surface area contributed by atoms with Crippen molar-refractivity contribution >= 4 is 61.9 Å². The highest BCUT2D eigenvalue weighted by atomic mass is 79.9. The zero-order valence-corrected chi connectivity index (χ0v) is 23.7. The van der Waals surface area contributed by atoms with Crippen LogP contribution in [-0.2, 0) is 20.9 Å². The molecule has 3 heterocycles. The largest absolute Gasteiger partial charge is 0.396 e. The number of alkyl halides is 1. The summed E-state index contributed by atoms with van der Waals surface area (Å²) in [6.45, 7) is 0.562. The van der Waals surface area contributed by atoms with E-state index < -0.39 is 22.6 Å². The van der Waals surface area contributed by atoms with E-state index in [1.54, 1.807) is 16.7 Å². The van der Waals surface area contributed by atoms with E-state index in [0.717, 1.165) is 16.3 Å². The molecule has 0 aliphatic carbocycles. The molecule has 7 nitrogen and oxygen atoms in total. The topological polar surface area (TPSA) is 98.7 Å². The molecular formula is C30H30BrN3O4S. The van der Waals surface area contributed by atoms with Crippen LogP contribution in [0.5, 0.6) is 0 Å². The van der Waals surface area contributed by atoms with Crippen LogP contribution in [0.3, 0.4) is 0 Å². The normalized spacial score (nSPS) is 29.0. The van der Waals surface area contributed by atoms with E-state index >= 15 is 0 Å².